The number of thiazole rings is 2. The van der Waals surface area contributed by atoms with Gasteiger partial charge in [-0.25, -0.2) is 9.97 Å². The molecule has 13 rings (SSSR count). The molecule has 1 saturated heterocycles. The Balaban J connectivity index is 0.923. The lowest BCUT2D eigenvalue weighted by atomic mass is 9.41. The van der Waals surface area contributed by atoms with Crippen molar-refractivity contribution < 1.29 is 0 Å². The summed E-state index contributed by atoms with van der Waals surface area (Å²) in [6.07, 6.45) is 22.4. The van der Waals surface area contributed by atoms with Gasteiger partial charge in [0.05, 0.1) is 42.5 Å². The number of allylic oxidation sites excluding steroid dienone is 8. The lowest BCUT2D eigenvalue weighted by molar-refractivity contribution is 0.622. The van der Waals surface area contributed by atoms with Crippen molar-refractivity contribution in [3.8, 4) is 0 Å². The molecule has 0 unspecified atom stereocenters. The van der Waals surface area contributed by atoms with Gasteiger partial charge in [0.15, 0.2) is 9.92 Å². The quantitative estimate of drug-likeness (QED) is 0.165. The number of hydrogen-bond donors (Lipinski definition) is 0. The zero-order chi connectivity index (χ0) is 36.5. The summed E-state index contributed by atoms with van der Waals surface area (Å²) in [6, 6.07) is 30.2. The summed E-state index contributed by atoms with van der Waals surface area (Å²) in [5, 5.41) is 0. The van der Waals surface area contributed by atoms with Crippen molar-refractivity contribution in [1.29, 1.82) is 0 Å². The average Bonchev–Trinajstić information content (AvgIpc) is 4.01. The van der Waals surface area contributed by atoms with Gasteiger partial charge in [-0.05, 0) is 96.6 Å². The molecule has 14 heteroatoms. The Kier molecular flexibility index (Phi) is 6.39. The molecule has 5 aliphatic rings. The normalized spacial score (nSPS) is 17.5. The lowest BCUT2D eigenvalue weighted by Gasteiger charge is -2.53. The third-order valence-corrected chi connectivity index (χ3v) is 14.0. The first-order valence-corrected chi connectivity index (χ1v) is 20.6. The first kappa shape index (κ1) is 30.9. The van der Waals surface area contributed by atoms with E-state index in [2.05, 4.69) is 198 Å². The van der Waals surface area contributed by atoms with Gasteiger partial charge in [-0.15, -0.1) is 0 Å². The largest absolute Gasteiger partial charge is 0.423 e. The van der Waals surface area contributed by atoms with Crippen molar-refractivity contribution in [2.24, 2.45) is 0 Å². The zero-order valence-electron chi connectivity index (χ0n) is 29.9. The molecule has 0 radical (unpaired) electrons. The third kappa shape index (κ3) is 4.28. The van der Waals surface area contributed by atoms with Crippen LogP contribution < -0.4 is 0 Å². The summed E-state index contributed by atoms with van der Waals surface area (Å²) in [7, 11) is 0. The fourth-order valence-corrected chi connectivity index (χ4v) is 11.7. The smallest absolute Gasteiger partial charge is 0.381 e. The van der Waals surface area contributed by atoms with Crippen LogP contribution in [0.1, 0.15) is 11.1 Å². The zero-order valence-corrected chi connectivity index (χ0v) is 31.5. The van der Waals surface area contributed by atoms with Crippen molar-refractivity contribution in [3.63, 3.8) is 0 Å². The minimum absolute atomic E-state index is 0.0183. The first-order chi connectivity index (χ1) is 27.8. The first-order valence-electron chi connectivity index (χ1n) is 18.9. The van der Waals surface area contributed by atoms with Gasteiger partial charge in [-0.1, -0.05) is 107 Å². The predicted octanol–water partition coefficient (Wildman–Crippen LogP) is 8.74. The maximum Gasteiger partial charge on any atom is 0.381 e. The standard InChI is InChI=1S/C42H28B4N8S2/c1-3-15-35-33(13-1)47-41-53(35)37-17-9-11-31(39(37)55-41)29-19-25-51-44-22-6-8-24-50(44)46-28-30(20-26-52(46)43-21-5-7-23-49(43)45(51)27-29)32-12-10-18-38-40(32)56-42-48-34-14-2-4-16-36(34)54(38)42/h1-28H. The van der Waals surface area contributed by atoms with Gasteiger partial charge in [0.25, 0.3) is 0 Å². The average molecular weight is 752 g/mol. The molecule has 0 saturated carbocycles. The number of rotatable bonds is 2. The molecule has 4 aromatic carbocycles. The molecule has 9 heterocycles. The monoisotopic (exact) mass is 752 g/mol. The highest BCUT2D eigenvalue weighted by Gasteiger charge is 2.50. The SMILES string of the molecule is C1=CB2N(C=C1)B1C=C(c3cccc4c3sc3nc5ccccc5n34)C=CN1B1C=CC=CN1B1C=C(c3cccc4c3sc3nc5ccccc5n34)C=CN21. The highest BCUT2D eigenvalue weighted by Crippen LogP contribution is 2.40. The van der Waals surface area contributed by atoms with Crippen LogP contribution in [0.4, 0.5) is 0 Å². The Hall–Kier alpha value is -6.36. The Morgan fingerprint density at radius 1 is 0.429 bits per heavy atom. The van der Waals surface area contributed by atoms with Gasteiger partial charge >= 0.3 is 27.9 Å². The van der Waals surface area contributed by atoms with E-state index in [1.54, 1.807) is 22.7 Å². The van der Waals surface area contributed by atoms with Crippen LogP contribution in [0.3, 0.4) is 0 Å². The topological polar surface area (TPSA) is 47.6 Å². The second kappa shape index (κ2) is 11.6. The van der Waals surface area contributed by atoms with E-state index in [1.165, 1.54) is 42.7 Å². The summed E-state index contributed by atoms with van der Waals surface area (Å²) >= 11 is 3.54. The van der Waals surface area contributed by atoms with Gasteiger partial charge in [-0.3, -0.25) is 8.80 Å². The van der Waals surface area contributed by atoms with Crippen LogP contribution in [-0.4, -0.2) is 65.6 Å². The van der Waals surface area contributed by atoms with E-state index in [0.29, 0.717) is 0 Å². The highest BCUT2D eigenvalue weighted by molar-refractivity contribution is 7.24. The van der Waals surface area contributed by atoms with Crippen LogP contribution in [0, 0.1) is 0 Å². The molecule has 8 nitrogen and oxygen atoms in total. The van der Waals surface area contributed by atoms with E-state index >= 15 is 0 Å². The third-order valence-electron chi connectivity index (χ3n) is 11.8. The number of aromatic nitrogens is 4. The molecular weight excluding hydrogens is 724 g/mol. The minimum atomic E-state index is -0.0457. The number of benzene rings is 4. The fraction of sp³-hybridized carbons (Fsp3) is 0. The van der Waals surface area contributed by atoms with Crippen LogP contribution >= 0.6 is 22.7 Å². The van der Waals surface area contributed by atoms with E-state index in [9.17, 15) is 0 Å². The van der Waals surface area contributed by atoms with Crippen molar-refractivity contribution in [2.75, 3.05) is 0 Å². The summed E-state index contributed by atoms with van der Waals surface area (Å²) in [5.74, 6) is 9.54. The molecule has 1 fully saturated rings. The molecule has 56 heavy (non-hydrogen) atoms. The van der Waals surface area contributed by atoms with Crippen LogP contribution in [-0.2, 0) is 0 Å². The van der Waals surface area contributed by atoms with Gasteiger partial charge < -0.3 is 18.9 Å². The van der Waals surface area contributed by atoms with E-state index < -0.39 is 0 Å². The maximum atomic E-state index is 4.99. The maximum absolute atomic E-state index is 4.99. The molecule has 5 aliphatic heterocycles. The summed E-state index contributed by atoms with van der Waals surface area (Å²) in [5.41, 5.74) is 11.6. The molecule has 0 aliphatic carbocycles. The molecular formula is C42H28B4N8S2. The lowest BCUT2D eigenvalue weighted by Crippen LogP contribution is -2.73. The number of para-hydroxylation sites is 4. The van der Waals surface area contributed by atoms with Gasteiger partial charge in [0, 0.05) is 11.1 Å². The minimum Gasteiger partial charge on any atom is -0.423 e. The number of hydrogen-bond acceptors (Lipinski definition) is 8. The predicted molar refractivity (Wildman–Crippen MR) is 237 cm³/mol. The second-order valence-electron chi connectivity index (χ2n) is 14.7. The Morgan fingerprint density at radius 2 is 0.875 bits per heavy atom. The summed E-state index contributed by atoms with van der Waals surface area (Å²) < 4.78 is 17.1. The van der Waals surface area contributed by atoms with E-state index in [-0.39, 0.29) is 27.9 Å². The van der Waals surface area contributed by atoms with Gasteiger partial charge in [0.2, 0.25) is 0 Å². The molecule has 8 aromatic rings. The Bertz CT molecular complexity index is 3020. The molecule has 0 bridgehead atoms. The van der Waals surface area contributed by atoms with Crippen LogP contribution in [0.25, 0.3) is 63.6 Å². The molecule has 260 valence electrons. The molecule has 4 aromatic heterocycles. The van der Waals surface area contributed by atoms with E-state index in [4.69, 9.17) is 9.97 Å². The van der Waals surface area contributed by atoms with Crippen LogP contribution in [0.15, 0.2) is 170 Å². The fourth-order valence-electron chi connectivity index (χ4n) is 9.30. The van der Waals surface area contributed by atoms with E-state index in [0.717, 1.165) is 32.0 Å². The van der Waals surface area contributed by atoms with Crippen molar-refractivity contribution in [1.82, 2.24) is 37.7 Å². The molecule has 0 N–H and O–H groups in total. The Labute approximate surface area is 331 Å². The molecule has 0 spiro atoms. The molecule has 0 atom stereocenters. The number of imidazole rings is 2. The van der Waals surface area contributed by atoms with Crippen molar-refractivity contribution in [3.05, 3.63) is 181 Å². The molecule has 0 amide bonds. The number of fused-ring (bicyclic) bond motifs is 18. The van der Waals surface area contributed by atoms with Crippen molar-refractivity contribution >= 4 is 114 Å². The van der Waals surface area contributed by atoms with Crippen LogP contribution in [0.5, 0.6) is 0 Å². The van der Waals surface area contributed by atoms with Crippen molar-refractivity contribution in [2.45, 2.75) is 0 Å². The van der Waals surface area contributed by atoms with Gasteiger partial charge in [-0.2, -0.15) is 0 Å². The van der Waals surface area contributed by atoms with E-state index in [1.807, 2.05) is 0 Å². The highest BCUT2D eigenvalue weighted by atomic mass is 32.1. The van der Waals surface area contributed by atoms with Gasteiger partial charge in [0.1, 0.15) is 0 Å². The number of nitrogens with zero attached hydrogens (tertiary/aromatic N) is 8. The van der Waals surface area contributed by atoms with Crippen LogP contribution in [0.2, 0.25) is 0 Å². The summed E-state index contributed by atoms with van der Waals surface area (Å²) in [6.45, 7) is -0.128. The Morgan fingerprint density at radius 3 is 1.38 bits per heavy atom. The summed E-state index contributed by atoms with van der Waals surface area (Å²) in [4.78, 5) is 12.0. The second-order valence-corrected chi connectivity index (χ2v) is 16.7.